The van der Waals surface area contributed by atoms with Gasteiger partial charge in [0.15, 0.2) is 11.8 Å². The van der Waals surface area contributed by atoms with Gasteiger partial charge in [-0.05, 0) is 32.4 Å². The lowest BCUT2D eigenvalue weighted by Crippen LogP contribution is -2.43. The molecule has 0 saturated carbocycles. The van der Waals surface area contributed by atoms with E-state index in [4.69, 9.17) is 9.47 Å². The van der Waals surface area contributed by atoms with Gasteiger partial charge in [-0.1, -0.05) is 18.2 Å². The first-order valence-corrected chi connectivity index (χ1v) is 9.09. The number of aryl methyl sites for hydroxylation is 2. The Labute approximate surface area is 184 Å². The highest BCUT2D eigenvalue weighted by molar-refractivity contribution is 14.0. The fourth-order valence-corrected chi connectivity index (χ4v) is 2.37. The summed E-state index contributed by atoms with van der Waals surface area (Å²) in [5.74, 6) is 3.26. The molecule has 8 nitrogen and oxygen atoms in total. The van der Waals surface area contributed by atoms with Gasteiger partial charge in [-0.15, -0.1) is 34.2 Å². The molecule has 2 N–H and O–H groups in total. The number of hydrogen-bond acceptors (Lipinski definition) is 5. The van der Waals surface area contributed by atoms with Crippen molar-refractivity contribution in [2.45, 2.75) is 33.4 Å². The SMILES string of the molecule is COCCNC(=NCc1nnc(C)n1C)NCC(C)Oc1ccccc1C.I. The van der Waals surface area contributed by atoms with Crippen molar-refractivity contribution in [3.63, 3.8) is 0 Å². The number of aliphatic imine (C=N–C) groups is 1. The van der Waals surface area contributed by atoms with Crippen LogP contribution in [0.15, 0.2) is 29.3 Å². The number of guanidine groups is 1. The van der Waals surface area contributed by atoms with Gasteiger partial charge in [-0.2, -0.15) is 0 Å². The van der Waals surface area contributed by atoms with Crippen molar-refractivity contribution in [3.8, 4) is 5.75 Å². The van der Waals surface area contributed by atoms with Crippen LogP contribution in [-0.4, -0.2) is 53.6 Å². The number of aromatic nitrogens is 3. The Morgan fingerprint density at radius 2 is 1.96 bits per heavy atom. The van der Waals surface area contributed by atoms with Crippen molar-refractivity contribution in [2.24, 2.45) is 12.0 Å². The van der Waals surface area contributed by atoms with Gasteiger partial charge in [0.05, 0.1) is 13.2 Å². The van der Waals surface area contributed by atoms with Gasteiger partial charge >= 0.3 is 0 Å². The summed E-state index contributed by atoms with van der Waals surface area (Å²) in [4.78, 5) is 4.60. The molecule has 156 valence electrons. The van der Waals surface area contributed by atoms with Crippen molar-refractivity contribution >= 4 is 29.9 Å². The molecule has 9 heteroatoms. The molecule has 1 unspecified atom stereocenters. The second-order valence-electron chi connectivity index (χ2n) is 6.38. The van der Waals surface area contributed by atoms with E-state index in [0.29, 0.717) is 32.2 Å². The number of methoxy groups -OCH3 is 1. The molecule has 1 heterocycles. The third kappa shape index (κ3) is 7.63. The molecule has 28 heavy (non-hydrogen) atoms. The van der Waals surface area contributed by atoms with Gasteiger partial charge in [0.1, 0.15) is 24.2 Å². The average molecular weight is 502 g/mol. The van der Waals surface area contributed by atoms with Crippen LogP contribution in [-0.2, 0) is 18.3 Å². The number of nitrogens with zero attached hydrogens (tertiary/aromatic N) is 4. The van der Waals surface area contributed by atoms with Crippen LogP contribution in [0.5, 0.6) is 5.75 Å². The molecule has 0 amide bonds. The largest absolute Gasteiger partial charge is 0.489 e. The lowest BCUT2D eigenvalue weighted by molar-refractivity contribution is 0.203. The van der Waals surface area contributed by atoms with E-state index in [1.807, 2.05) is 56.7 Å². The van der Waals surface area contributed by atoms with Crippen molar-refractivity contribution in [1.82, 2.24) is 25.4 Å². The first-order valence-electron chi connectivity index (χ1n) is 9.09. The molecular weight excluding hydrogens is 471 g/mol. The quantitative estimate of drug-likeness (QED) is 0.237. The maximum atomic E-state index is 6.01. The third-order valence-electron chi connectivity index (χ3n) is 4.14. The lowest BCUT2D eigenvalue weighted by atomic mass is 10.2. The van der Waals surface area contributed by atoms with Crippen LogP contribution in [0.2, 0.25) is 0 Å². The maximum Gasteiger partial charge on any atom is 0.191 e. The van der Waals surface area contributed by atoms with Crippen LogP contribution < -0.4 is 15.4 Å². The Bertz CT molecular complexity index is 750. The molecule has 1 aromatic carbocycles. The second kappa shape index (κ2) is 12.6. The number of hydrogen-bond donors (Lipinski definition) is 2. The summed E-state index contributed by atoms with van der Waals surface area (Å²) in [6.07, 6.45) is -0.0161. The van der Waals surface area contributed by atoms with Crippen LogP contribution >= 0.6 is 24.0 Å². The number of halogens is 1. The Morgan fingerprint density at radius 1 is 1.21 bits per heavy atom. The van der Waals surface area contributed by atoms with E-state index in [1.165, 1.54) is 0 Å². The molecular formula is C19H31IN6O2. The summed E-state index contributed by atoms with van der Waals surface area (Å²) in [7, 11) is 3.61. The second-order valence-corrected chi connectivity index (χ2v) is 6.38. The van der Waals surface area contributed by atoms with Crippen LogP contribution in [0.3, 0.4) is 0 Å². The van der Waals surface area contributed by atoms with E-state index in [2.05, 4.69) is 25.8 Å². The van der Waals surface area contributed by atoms with Crippen LogP contribution in [0.4, 0.5) is 0 Å². The van der Waals surface area contributed by atoms with Crippen molar-refractivity contribution in [2.75, 3.05) is 26.8 Å². The van der Waals surface area contributed by atoms with E-state index in [9.17, 15) is 0 Å². The summed E-state index contributed by atoms with van der Waals surface area (Å²) in [6.45, 7) is 8.29. The summed E-state index contributed by atoms with van der Waals surface area (Å²) >= 11 is 0. The molecule has 0 saturated heterocycles. The molecule has 2 rings (SSSR count). The topological polar surface area (TPSA) is 85.6 Å². The average Bonchev–Trinajstić information content (AvgIpc) is 2.97. The van der Waals surface area contributed by atoms with Crippen LogP contribution in [0, 0.1) is 13.8 Å². The number of nitrogens with one attached hydrogen (secondary N) is 2. The molecule has 0 aliphatic rings. The van der Waals surface area contributed by atoms with Crippen molar-refractivity contribution < 1.29 is 9.47 Å². The smallest absolute Gasteiger partial charge is 0.191 e. The standard InChI is InChI=1S/C19H30N6O2.HI/c1-14-8-6-7-9-17(14)27-15(2)12-21-19(20-10-11-26-5)22-13-18-24-23-16(3)25(18)4;/h6-9,15H,10-13H2,1-5H3,(H2,20,21,22);1H. The fraction of sp³-hybridized carbons (Fsp3) is 0.526. The molecule has 1 aromatic heterocycles. The van der Waals surface area contributed by atoms with E-state index in [-0.39, 0.29) is 30.1 Å². The molecule has 2 aromatic rings. The molecule has 1 atom stereocenters. The van der Waals surface area contributed by atoms with Crippen molar-refractivity contribution in [1.29, 1.82) is 0 Å². The number of rotatable bonds is 9. The van der Waals surface area contributed by atoms with E-state index < -0.39 is 0 Å². The predicted octanol–water partition coefficient (Wildman–Crippen LogP) is 2.20. The van der Waals surface area contributed by atoms with Gasteiger partial charge < -0.3 is 24.7 Å². The summed E-state index contributed by atoms with van der Waals surface area (Å²) in [6, 6.07) is 8.00. The summed E-state index contributed by atoms with van der Waals surface area (Å²) in [5.41, 5.74) is 1.12. The van der Waals surface area contributed by atoms with Gasteiger partial charge in [0.2, 0.25) is 0 Å². The first-order chi connectivity index (χ1) is 13.0. The molecule has 0 aliphatic heterocycles. The molecule has 0 radical (unpaired) electrons. The zero-order valence-corrected chi connectivity index (χ0v) is 19.6. The number of para-hydroxylation sites is 1. The van der Waals surface area contributed by atoms with E-state index in [0.717, 1.165) is 23.0 Å². The maximum absolute atomic E-state index is 6.01. The third-order valence-corrected chi connectivity index (χ3v) is 4.14. The van der Waals surface area contributed by atoms with Crippen LogP contribution in [0.25, 0.3) is 0 Å². The van der Waals surface area contributed by atoms with E-state index in [1.54, 1.807) is 7.11 Å². The minimum absolute atomic E-state index is 0. The monoisotopic (exact) mass is 502 g/mol. The fourth-order valence-electron chi connectivity index (χ4n) is 2.37. The Balaban J connectivity index is 0.00000392. The predicted molar refractivity (Wildman–Crippen MR) is 121 cm³/mol. The Kier molecular flexibility index (Phi) is 10.8. The van der Waals surface area contributed by atoms with Gasteiger partial charge in [-0.25, -0.2) is 4.99 Å². The molecule has 0 spiro atoms. The summed E-state index contributed by atoms with van der Waals surface area (Å²) < 4.78 is 13.0. The van der Waals surface area contributed by atoms with Gasteiger partial charge in [0, 0.05) is 20.7 Å². The highest BCUT2D eigenvalue weighted by Crippen LogP contribution is 2.17. The van der Waals surface area contributed by atoms with E-state index >= 15 is 0 Å². The van der Waals surface area contributed by atoms with Gasteiger partial charge in [0.25, 0.3) is 0 Å². The van der Waals surface area contributed by atoms with Crippen molar-refractivity contribution in [3.05, 3.63) is 41.5 Å². The number of benzene rings is 1. The first kappa shape index (κ1) is 24.2. The van der Waals surface area contributed by atoms with Crippen LogP contribution in [0.1, 0.15) is 24.1 Å². The highest BCUT2D eigenvalue weighted by Gasteiger charge is 2.09. The lowest BCUT2D eigenvalue weighted by Gasteiger charge is -2.19. The Hall–Kier alpha value is -1.88. The molecule has 0 fully saturated rings. The normalized spacial score (nSPS) is 12.2. The molecule has 0 aliphatic carbocycles. The minimum atomic E-state index is -0.0161. The zero-order chi connectivity index (χ0) is 19.6. The zero-order valence-electron chi connectivity index (χ0n) is 17.2. The number of ether oxygens (including phenoxy) is 2. The summed E-state index contributed by atoms with van der Waals surface area (Å²) in [5, 5.41) is 14.8. The van der Waals surface area contributed by atoms with Gasteiger partial charge in [-0.3, -0.25) is 0 Å². The molecule has 0 bridgehead atoms. The minimum Gasteiger partial charge on any atom is -0.489 e. The highest BCUT2D eigenvalue weighted by atomic mass is 127. The Morgan fingerprint density at radius 3 is 2.61 bits per heavy atom.